The molecule has 1 aromatic rings. The van der Waals surface area contributed by atoms with E-state index in [4.69, 9.17) is 9.47 Å². The first-order chi connectivity index (χ1) is 10.3. The third-order valence-corrected chi connectivity index (χ3v) is 4.37. The van der Waals surface area contributed by atoms with Crippen LogP contribution in [-0.2, 0) is 0 Å². The molecule has 112 valence electrons. The van der Waals surface area contributed by atoms with E-state index in [0.717, 1.165) is 42.7 Å². The van der Waals surface area contributed by atoms with Gasteiger partial charge in [-0.1, -0.05) is 17.3 Å². The van der Waals surface area contributed by atoms with Gasteiger partial charge in [-0.2, -0.15) is 4.91 Å². The number of ether oxygens (including phenoxy) is 2. The summed E-state index contributed by atoms with van der Waals surface area (Å²) < 4.78 is 11.5. The van der Waals surface area contributed by atoms with E-state index in [1.54, 1.807) is 7.11 Å². The maximum absolute atomic E-state index is 10.6. The topological polar surface area (TPSA) is 47.9 Å². The Morgan fingerprint density at radius 2 is 1.95 bits per heavy atom. The number of benzene rings is 1. The highest BCUT2D eigenvalue weighted by molar-refractivity contribution is 5.70. The maximum atomic E-state index is 10.6. The van der Waals surface area contributed by atoms with Crippen molar-refractivity contribution in [2.75, 3.05) is 7.11 Å². The summed E-state index contributed by atoms with van der Waals surface area (Å²) in [6.45, 7) is 0. The number of hydrogen-bond donors (Lipinski definition) is 0. The van der Waals surface area contributed by atoms with Crippen LogP contribution >= 0.6 is 0 Å². The fraction of sp³-hybridized carbons (Fsp3) is 0.529. The first-order valence-electron chi connectivity index (χ1n) is 7.68. The van der Waals surface area contributed by atoms with E-state index in [1.165, 1.54) is 18.4 Å². The van der Waals surface area contributed by atoms with Crippen molar-refractivity contribution in [1.82, 2.24) is 0 Å². The second kappa shape index (κ2) is 6.29. The predicted molar refractivity (Wildman–Crippen MR) is 82.7 cm³/mol. The lowest BCUT2D eigenvalue weighted by Gasteiger charge is -2.17. The van der Waals surface area contributed by atoms with Crippen molar-refractivity contribution in [2.24, 2.45) is 5.18 Å². The molecule has 4 heteroatoms. The summed E-state index contributed by atoms with van der Waals surface area (Å²) in [6, 6.07) is 5.83. The van der Waals surface area contributed by atoms with Crippen molar-refractivity contribution < 1.29 is 9.47 Å². The lowest BCUT2D eigenvalue weighted by Crippen LogP contribution is -2.11. The van der Waals surface area contributed by atoms with Gasteiger partial charge in [-0.05, 0) is 61.8 Å². The van der Waals surface area contributed by atoms with Gasteiger partial charge < -0.3 is 9.47 Å². The SMILES string of the molecule is COc1ccc(C2=CC(N=O)CC2)cc1OC1CCCC1. The highest BCUT2D eigenvalue weighted by atomic mass is 16.5. The van der Waals surface area contributed by atoms with Crippen molar-refractivity contribution >= 4 is 5.57 Å². The molecule has 1 saturated carbocycles. The minimum absolute atomic E-state index is 0.179. The smallest absolute Gasteiger partial charge is 0.162 e. The molecular formula is C17H21NO3. The van der Waals surface area contributed by atoms with Crippen LogP contribution in [0.5, 0.6) is 11.5 Å². The Bertz CT molecular complexity index is 547. The van der Waals surface area contributed by atoms with E-state index in [2.05, 4.69) is 5.18 Å². The summed E-state index contributed by atoms with van der Waals surface area (Å²) in [6.07, 6.45) is 8.69. The van der Waals surface area contributed by atoms with Gasteiger partial charge in [0.05, 0.1) is 13.2 Å². The normalized spacial score (nSPS) is 22.1. The lowest BCUT2D eigenvalue weighted by atomic mass is 10.0. The van der Waals surface area contributed by atoms with Crippen LogP contribution in [-0.4, -0.2) is 19.3 Å². The average Bonchev–Trinajstić information content (AvgIpc) is 3.18. The van der Waals surface area contributed by atoms with Crippen molar-refractivity contribution in [1.29, 1.82) is 0 Å². The van der Waals surface area contributed by atoms with Crippen LogP contribution in [0.2, 0.25) is 0 Å². The fourth-order valence-electron chi connectivity index (χ4n) is 3.18. The third-order valence-electron chi connectivity index (χ3n) is 4.37. The van der Waals surface area contributed by atoms with Gasteiger partial charge >= 0.3 is 0 Å². The van der Waals surface area contributed by atoms with Crippen molar-refractivity contribution in [3.05, 3.63) is 34.7 Å². The molecule has 0 N–H and O–H groups in total. The van der Waals surface area contributed by atoms with Gasteiger partial charge in [0.15, 0.2) is 11.5 Å². The molecule has 4 nitrogen and oxygen atoms in total. The second-order valence-electron chi connectivity index (χ2n) is 5.79. The zero-order valence-electron chi connectivity index (χ0n) is 12.4. The number of nitrogens with zero attached hydrogens (tertiary/aromatic N) is 1. The third kappa shape index (κ3) is 3.09. The Morgan fingerprint density at radius 3 is 2.62 bits per heavy atom. The molecule has 1 unspecified atom stereocenters. The zero-order valence-corrected chi connectivity index (χ0v) is 12.4. The van der Waals surface area contributed by atoms with E-state index in [-0.39, 0.29) is 6.04 Å². The summed E-state index contributed by atoms with van der Waals surface area (Å²) in [5.74, 6) is 1.58. The second-order valence-corrected chi connectivity index (χ2v) is 5.79. The highest BCUT2D eigenvalue weighted by Crippen LogP contribution is 2.37. The Hall–Kier alpha value is -1.84. The summed E-state index contributed by atoms with van der Waals surface area (Å²) >= 11 is 0. The molecule has 0 heterocycles. The number of methoxy groups -OCH3 is 1. The Balaban J connectivity index is 1.84. The predicted octanol–water partition coefficient (Wildman–Crippen LogP) is 4.33. The minimum atomic E-state index is -0.179. The largest absolute Gasteiger partial charge is 0.493 e. The maximum Gasteiger partial charge on any atom is 0.162 e. The van der Waals surface area contributed by atoms with E-state index < -0.39 is 0 Å². The van der Waals surface area contributed by atoms with Crippen LogP contribution in [0.25, 0.3) is 5.57 Å². The molecule has 1 atom stereocenters. The molecule has 0 spiro atoms. The molecule has 2 aliphatic carbocycles. The van der Waals surface area contributed by atoms with Gasteiger partial charge in [0.25, 0.3) is 0 Å². The van der Waals surface area contributed by atoms with Gasteiger partial charge in [-0.15, -0.1) is 0 Å². The molecule has 0 aliphatic heterocycles. The molecule has 1 fully saturated rings. The number of hydrogen-bond acceptors (Lipinski definition) is 4. The Morgan fingerprint density at radius 1 is 1.14 bits per heavy atom. The molecule has 21 heavy (non-hydrogen) atoms. The van der Waals surface area contributed by atoms with Crippen LogP contribution in [0.4, 0.5) is 0 Å². The van der Waals surface area contributed by atoms with Gasteiger partial charge in [-0.25, -0.2) is 0 Å². The van der Waals surface area contributed by atoms with E-state index in [9.17, 15) is 4.91 Å². The molecule has 3 rings (SSSR count). The lowest BCUT2D eigenvalue weighted by molar-refractivity contribution is 0.200. The van der Waals surface area contributed by atoms with E-state index in [0.29, 0.717) is 6.10 Å². The Labute approximate surface area is 125 Å². The highest BCUT2D eigenvalue weighted by Gasteiger charge is 2.21. The fourth-order valence-corrected chi connectivity index (χ4v) is 3.18. The first kappa shape index (κ1) is 14.1. The molecule has 1 aromatic carbocycles. The van der Waals surface area contributed by atoms with E-state index >= 15 is 0 Å². The average molecular weight is 287 g/mol. The number of nitroso groups, excluding NO2 is 1. The van der Waals surface area contributed by atoms with Gasteiger partial charge in [0.2, 0.25) is 0 Å². The quantitative estimate of drug-likeness (QED) is 0.757. The molecule has 0 radical (unpaired) electrons. The van der Waals surface area contributed by atoms with Crippen LogP contribution in [0.3, 0.4) is 0 Å². The van der Waals surface area contributed by atoms with Crippen LogP contribution in [0.15, 0.2) is 29.5 Å². The minimum Gasteiger partial charge on any atom is -0.493 e. The molecular weight excluding hydrogens is 266 g/mol. The Kier molecular flexibility index (Phi) is 4.23. The van der Waals surface area contributed by atoms with Gasteiger partial charge in [0, 0.05) is 0 Å². The summed E-state index contributed by atoms with van der Waals surface area (Å²) in [7, 11) is 1.66. The van der Waals surface area contributed by atoms with Crippen molar-refractivity contribution in [3.63, 3.8) is 0 Å². The zero-order chi connectivity index (χ0) is 14.7. The molecule has 0 aromatic heterocycles. The van der Waals surface area contributed by atoms with Gasteiger partial charge in [-0.3, -0.25) is 0 Å². The molecule has 0 bridgehead atoms. The van der Waals surface area contributed by atoms with Crippen molar-refractivity contribution in [2.45, 2.75) is 50.7 Å². The van der Waals surface area contributed by atoms with Crippen molar-refractivity contribution in [3.8, 4) is 11.5 Å². The van der Waals surface area contributed by atoms with Crippen LogP contribution in [0, 0.1) is 4.91 Å². The standard InChI is InChI=1S/C17H21NO3/c1-20-16-9-7-13(12-6-8-14(10-12)18-19)11-17(16)21-15-4-2-3-5-15/h7,9-11,14-15H,2-6,8H2,1H3. The van der Waals surface area contributed by atoms with Crippen LogP contribution < -0.4 is 9.47 Å². The summed E-state index contributed by atoms with van der Waals surface area (Å²) in [5, 5.41) is 3.12. The summed E-state index contributed by atoms with van der Waals surface area (Å²) in [4.78, 5) is 10.6. The summed E-state index contributed by atoms with van der Waals surface area (Å²) in [5.41, 5.74) is 2.29. The first-order valence-corrected chi connectivity index (χ1v) is 7.68. The van der Waals surface area contributed by atoms with E-state index in [1.807, 2.05) is 24.3 Å². The van der Waals surface area contributed by atoms with Crippen LogP contribution in [0.1, 0.15) is 44.1 Å². The molecule has 0 amide bonds. The number of allylic oxidation sites excluding steroid dienone is 1. The molecule has 0 saturated heterocycles. The van der Waals surface area contributed by atoms with Gasteiger partial charge in [0.1, 0.15) is 6.04 Å². The number of rotatable bonds is 5. The molecule has 2 aliphatic rings. The monoisotopic (exact) mass is 287 g/mol.